The number of nitrogens with zero attached hydrogens (tertiary/aromatic N) is 2. The lowest BCUT2D eigenvalue weighted by atomic mass is 10.4. The Hall–Kier alpha value is -1.04. The molecule has 0 aliphatic carbocycles. The zero-order valence-corrected chi connectivity index (χ0v) is 8.72. The molecule has 0 aliphatic heterocycles. The van der Waals surface area contributed by atoms with Crippen molar-refractivity contribution in [3.8, 4) is 0 Å². The van der Waals surface area contributed by atoms with E-state index < -0.39 is 9.84 Å². The van der Waals surface area contributed by atoms with Gasteiger partial charge in [0.2, 0.25) is 0 Å². The minimum Gasteiger partial charge on any atom is -0.395 e. The first-order chi connectivity index (χ1) is 5.88. The molecule has 2 N–H and O–H groups in total. The van der Waals surface area contributed by atoms with Crippen LogP contribution >= 0.6 is 0 Å². The van der Waals surface area contributed by atoms with Gasteiger partial charge in [0.1, 0.15) is 0 Å². The van der Waals surface area contributed by atoms with Crippen LogP contribution in [0.2, 0.25) is 0 Å². The molecular formula is C7H13N3O2S. The molecule has 0 bridgehead atoms. The van der Waals surface area contributed by atoms with Gasteiger partial charge in [0.05, 0.1) is 11.4 Å². The van der Waals surface area contributed by atoms with Gasteiger partial charge in [0.25, 0.3) is 0 Å². The molecule has 0 spiro atoms. The van der Waals surface area contributed by atoms with Gasteiger partial charge in [-0.05, 0) is 13.8 Å². The predicted molar refractivity (Wildman–Crippen MR) is 50.2 cm³/mol. The first kappa shape index (κ1) is 10.0. The molecule has 0 unspecified atom stereocenters. The average molecular weight is 203 g/mol. The van der Waals surface area contributed by atoms with E-state index in [4.69, 9.17) is 5.73 Å². The fourth-order valence-electron chi connectivity index (χ4n) is 1.18. The van der Waals surface area contributed by atoms with Crippen molar-refractivity contribution in [2.45, 2.75) is 25.4 Å². The fourth-order valence-corrected chi connectivity index (χ4v) is 2.28. The summed E-state index contributed by atoms with van der Waals surface area (Å²) in [4.78, 5) is 0. The van der Waals surface area contributed by atoms with E-state index in [1.54, 1.807) is 6.92 Å². The van der Waals surface area contributed by atoms with Crippen LogP contribution in [0.4, 0.5) is 5.69 Å². The highest BCUT2D eigenvalue weighted by molar-refractivity contribution is 7.90. The van der Waals surface area contributed by atoms with Gasteiger partial charge in [-0.2, -0.15) is 5.10 Å². The van der Waals surface area contributed by atoms with Crippen LogP contribution in [0.1, 0.15) is 12.6 Å². The van der Waals surface area contributed by atoms with Gasteiger partial charge >= 0.3 is 0 Å². The second-order valence-corrected chi connectivity index (χ2v) is 4.82. The molecular weight excluding hydrogens is 190 g/mol. The molecule has 0 aromatic carbocycles. The van der Waals surface area contributed by atoms with E-state index >= 15 is 0 Å². The summed E-state index contributed by atoms with van der Waals surface area (Å²) >= 11 is 0. The van der Waals surface area contributed by atoms with Crippen LogP contribution in [0.15, 0.2) is 5.03 Å². The molecule has 6 heteroatoms. The van der Waals surface area contributed by atoms with Crippen molar-refractivity contribution in [1.82, 2.24) is 9.78 Å². The van der Waals surface area contributed by atoms with E-state index in [1.165, 1.54) is 4.68 Å². The maximum atomic E-state index is 11.3. The Kier molecular flexibility index (Phi) is 2.34. The Balaban J connectivity index is 3.51. The second-order valence-electron chi connectivity index (χ2n) is 2.89. The summed E-state index contributed by atoms with van der Waals surface area (Å²) in [6.45, 7) is 4.01. The number of nitrogens with two attached hydrogens (primary N) is 1. The van der Waals surface area contributed by atoms with Crippen LogP contribution in [0.5, 0.6) is 0 Å². The first-order valence-corrected chi connectivity index (χ1v) is 5.80. The van der Waals surface area contributed by atoms with E-state index in [9.17, 15) is 8.42 Å². The summed E-state index contributed by atoms with van der Waals surface area (Å²) in [6, 6.07) is 0. The molecule has 1 aromatic heterocycles. The Labute approximate surface area is 77.5 Å². The van der Waals surface area contributed by atoms with Crippen molar-refractivity contribution in [1.29, 1.82) is 0 Å². The van der Waals surface area contributed by atoms with Crippen molar-refractivity contribution >= 4 is 15.5 Å². The highest BCUT2D eigenvalue weighted by Crippen LogP contribution is 2.21. The van der Waals surface area contributed by atoms with E-state index in [0.29, 0.717) is 12.2 Å². The smallest absolute Gasteiger partial charge is 0.194 e. The van der Waals surface area contributed by atoms with Crippen LogP contribution in [0.3, 0.4) is 0 Å². The number of aromatic nitrogens is 2. The molecule has 0 aliphatic rings. The molecule has 0 atom stereocenters. The Morgan fingerprint density at radius 1 is 1.54 bits per heavy atom. The quantitative estimate of drug-likeness (QED) is 0.744. The van der Waals surface area contributed by atoms with E-state index in [0.717, 1.165) is 6.26 Å². The van der Waals surface area contributed by atoms with E-state index in [-0.39, 0.29) is 10.7 Å². The van der Waals surface area contributed by atoms with Crippen molar-refractivity contribution in [3.05, 3.63) is 5.69 Å². The lowest BCUT2D eigenvalue weighted by Crippen LogP contribution is -2.09. The van der Waals surface area contributed by atoms with Crippen LogP contribution in [-0.2, 0) is 16.4 Å². The molecule has 1 aromatic rings. The topological polar surface area (TPSA) is 78.0 Å². The number of rotatable bonds is 2. The maximum Gasteiger partial charge on any atom is 0.194 e. The summed E-state index contributed by atoms with van der Waals surface area (Å²) in [5.41, 5.74) is 6.41. The molecule has 1 rings (SSSR count). The highest BCUT2D eigenvalue weighted by atomic mass is 32.2. The van der Waals surface area contributed by atoms with Crippen molar-refractivity contribution in [2.75, 3.05) is 12.0 Å². The summed E-state index contributed by atoms with van der Waals surface area (Å²) in [7, 11) is -3.28. The summed E-state index contributed by atoms with van der Waals surface area (Å²) < 4.78 is 24.0. The standard InChI is InChI=1S/C7H13N3O2S/c1-4-10-7(13(3,11)12)6(8)5(2)9-10/h4,8H2,1-3H3. The Morgan fingerprint density at radius 3 is 2.38 bits per heavy atom. The van der Waals surface area contributed by atoms with Gasteiger partial charge in [-0.3, -0.25) is 4.68 Å². The number of hydrogen-bond donors (Lipinski definition) is 1. The molecule has 1 heterocycles. The molecule has 74 valence electrons. The summed E-state index contributed by atoms with van der Waals surface area (Å²) in [5.74, 6) is 0. The van der Waals surface area contributed by atoms with Crippen LogP contribution in [0, 0.1) is 6.92 Å². The zero-order valence-electron chi connectivity index (χ0n) is 7.90. The van der Waals surface area contributed by atoms with Gasteiger partial charge < -0.3 is 5.73 Å². The molecule has 0 saturated carbocycles. The van der Waals surface area contributed by atoms with Crippen LogP contribution in [0.25, 0.3) is 0 Å². The van der Waals surface area contributed by atoms with E-state index in [1.807, 2.05) is 6.92 Å². The minimum absolute atomic E-state index is 0.118. The number of hydrogen-bond acceptors (Lipinski definition) is 4. The van der Waals surface area contributed by atoms with Crippen molar-refractivity contribution < 1.29 is 8.42 Å². The SMILES string of the molecule is CCn1nc(C)c(N)c1S(C)(=O)=O. The van der Waals surface area contributed by atoms with Gasteiger partial charge in [0.15, 0.2) is 14.9 Å². The van der Waals surface area contributed by atoms with Crippen LogP contribution in [-0.4, -0.2) is 24.5 Å². The number of aryl methyl sites for hydroxylation is 2. The minimum atomic E-state index is -3.28. The average Bonchev–Trinajstić information content (AvgIpc) is 2.26. The number of sulfone groups is 1. The van der Waals surface area contributed by atoms with Gasteiger partial charge in [-0.25, -0.2) is 8.42 Å². The third-order valence-electron chi connectivity index (χ3n) is 1.78. The zero-order chi connectivity index (χ0) is 10.2. The van der Waals surface area contributed by atoms with Crippen molar-refractivity contribution in [2.24, 2.45) is 0 Å². The largest absolute Gasteiger partial charge is 0.395 e. The molecule has 0 amide bonds. The highest BCUT2D eigenvalue weighted by Gasteiger charge is 2.20. The third kappa shape index (κ3) is 1.67. The lowest BCUT2D eigenvalue weighted by Gasteiger charge is -2.01. The predicted octanol–water partition coefficient (Wildman–Crippen LogP) is 0.197. The number of anilines is 1. The molecule has 0 saturated heterocycles. The fraction of sp³-hybridized carbons (Fsp3) is 0.571. The third-order valence-corrected chi connectivity index (χ3v) is 2.91. The van der Waals surface area contributed by atoms with Gasteiger partial charge in [-0.15, -0.1) is 0 Å². The first-order valence-electron chi connectivity index (χ1n) is 3.90. The van der Waals surface area contributed by atoms with Crippen LogP contribution < -0.4 is 5.73 Å². The molecule has 13 heavy (non-hydrogen) atoms. The lowest BCUT2D eigenvalue weighted by molar-refractivity contribution is 0.558. The molecule has 5 nitrogen and oxygen atoms in total. The number of nitrogen functional groups attached to an aromatic ring is 1. The molecule has 0 fully saturated rings. The van der Waals surface area contributed by atoms with Crippen molar-refractivity contribution in [3.63, 3.8) is 0 Å². The Bertz CT molecular complexity index is 419. The molecule has 0 radical (unpaired) electrons. The van der Waals surface area contributed by atoms with E-state index in [2.05, 4.69) is 5.10 Å². The monoisotopic (exact) mass is 203 g/mol. The van der Waals surface area contributed by atoms with Gasteiger partial charge in [0, 0.05) is 12.8 Å². The second kappa shape index (κ2) is 3.02. The normalized spacial score (nSPS) is 11.9. The van der Waals surface area contributed by atoms with Gasteiger partial charge in [-0.1, -0.05) is 0 Å². The summed E-state index contributed by atoms with van der Waals surface area (Å²) in [6.07, 6.45) is 1.13. The maximum absolute atomic E-state index is 11.3. The summed E-state index contributed by atoms with van der Waals surface area (Å²) in [5, 5.41) is 4.13. The Morgan fingerprint density at radius 2 is 2.08 bits per heavy atom.